The molecule has 2 aliphatic rings. The molecule has 50 heavy (non-hydrogen) atoms. The van der Waals surface area contributed by atoms with E-state index in [4.69, 9.17) is 50.7 Å². The first-order valence-corrected chi connectivity index (χ1v) is 15.3. The average Bonchev–Trinajstić information content (AvgIpc) is 3.58. The van der Waals surface area contributed by atoms with Crippen molar-refractivity contribution in [3.8, 4) is 40.2 Å². The van der Waals surface area contributed by atoms with Crippen molar-refractivity contribution in [2.24, 2.45) is 23.3 Å². The molecule has 0 unspecified atom stereocenters. The molecule has 14 nitrogen and oxygen atoms in total. The van der Waals surface area contributed by atoms with Crippen LogP contribution in [0.5, 0.6) is 40.2 Å². The van der Waals surface area contributed by atoms with Gasteiger partial charge in [0.15, 0.2) is 23.0 Å². The van der Waals surface area contributed by atoms with Gasteiger partial charge in [-0.25, -0.2) is 0 Å². The number of fused-ring (bicyclic) bond motifs is 2. The van der Waals surface area contributed by atoms with Crippen molar-refractivity contribution in [3.63, 3.8) is 0 Å². The van der Waals surface area contributed by atoms with Crippen LogP contribution in [0.15, 0.2) is 72.8 Å². The van der Waals surface area contributed by atoms with Gasteiger partial charge in [-0.15, -0.1) is 0 Å². The van der Waals surface area contributed by atoms with E-state index in [9.17, 15) is 20.1 Å². The number of aliphatic hydroxyl groups excluding tert-OH is 2. The molecule has 0 saturated carbocycles. The highest BCUT2D eigenvalue weighted by molar-refractivity contribution is 5.95. The normalized spacial score (nSPS) is 18.5. The summed E-state index contributed by atoms with van der Waals surface area (Å²) in [5, 5.41) is 45.6. The zero-order valence-electron chi connectivity index (χ0n) is 27.5. The average molecular weight is 687 g/mol. The summed E-state index contributed by atoms with van der Waals surface area (Å²) in [4.78, 5) is 12.4. The SMILES string of the molecule is COc1cc([C@@H]2c3cc4c(cc3[C@H](O)[C@@H](CO)[C@@H]2C(=O)O)OCO4)cc(OC)c1OC.N=C(N)c1ccc(Oc2ccc(C(=N)N)cc2)cc1. The van der Waals surface area contributed by atoms with Gasteiger partial charge in [0, 0.05) is 29.6 Å². The summed E-state index contributed by atoms with van der Waals surface area (Å²) in [6.07, 6.45) is -1.19. The van der Waals surface area contributed by atoms with E-state index < -0.39 is 36.4 Å². The number of methoxy groups -OCH3 is 3. The van der Waals surface area contributed by atoms with Gasteiger partial charge in [0.2, 0.25) is 12.5 Å². The summed E-state index contributed by atoms with van der Waals surface area (Å²) in [5.74, 6) is -0.509. The van der Waals surface area contributed by atoms with Crippen LogP contribution < -0.4 is 39.9 Å². The molecule has 0 bridgehead atoms. The Morgan fingerprint density at radius 1 is 0.800 bits per heavy atom. The van der Waals surface area contributed by atoms with Crippen LogP contribution >= 0.6 is 0 Å². The van der Waals surface area contributed by atoms with Crippen molar-refractivity contribution in [1.29, 1.82) is 10.8 Å². The third-order valence-electron chi connectivity index (χ3n) is 8.57. The number of carboxylic acid groups (broad SMARTS) is 1. The zero-order chi connectivity index (χ0) is 36.1. The lowest BCUT2D eigenvalue weighted by Crippen LogP contribution is -2.40. The number of aliphatic hydroxyl groups is 2. The number of carbonyl (C=O) groups is 1. The van der Waals surface area contributed by atoms with E-state index in [-0.39, 0.29) is 18.5 Å². The molecule has 6 rings (SSSR count). The van der Waals surface area contributed by atoms with Crippen molar-refractivity contribution in [2.45, 2.75) is 12.0 Å². The van der Waals surface area contributed by atoms with E-state index in [0.717, 1.165) is 0 Å². The lowest BCUT2D eigenvalue weighted by atomic mass is 9.65. The predicted molar refractivity (Wildman–Crippen MR) is 182 cm³/mol. The fourth-order valence-electron chi connectivity index (χ4n) is 6.11. The first-order valence-electron chi connectivity index (χ1n) is 15.3. The Hall–Kier alpha value is -5.99. The number of nitrogen functional groups attached to an aromatic ring is 2. The maximum atomic E-state index is 12.4. The Kier molecular flexibility index (Phi) is 10.6. The Bertz CT molecular complexity index is 1800. The molecule has 4 aromatic carbocycles. The molecule has 1 aliphatic heterocycles. The maximum absolute atomic E-state index is 12.4. The van der Waals surface area contributed by atoms with E-state index in [1.54, 1.807) is 72.8 Å². The van der Waals surface area contributed by atoms with Crippen LogP contribution in [0, 0.1) is 22.7 Å². The van der Waals surface area contributed by atoms with Gasteiger partial charge in [-0.1, -0.05) is 0 Å². The van der Waals surface area contributed by atoms with Crippen LogP contribution in [0.25, 0.3) is 0 Å². The predicted octanol–water partition coefficient (Wildman–Crippen LogP) is 3.98. The first-order chi connectivity index (χ1) is 24.0. The number of carboxylic acids is 1. The third-order valence-corrected chi connectivity index (χ3v) is 8.57. The molecule has 9 N–H and O–H groups in total. The molecule has 0 saturated heterocycles. The van der Waals surface area contributed by atoms with E-state index in [1.165, 1.54) is 21.3 Å². The lowest BCUT2D eigenvalue weighted by molar-refractivity contribution is -0.148. The molecule has 14 heteroatoms. The standard InChI is InChI=1S/C22H24O9.C14H14N4O/c1-27-16-4-10(5-17(28-2)21(16)29-3)18-11-6-14-15(31-9-30-14)7-12(11)20(24)13(8-23)19(18)22(25)26;15-13(16)9-1-5-11(6-2-9)19-12-7-3-10(4-8-12)14(17)18/h4-7,13,18-20,23-24H,8-9H2,1-3H3,(H,25,26);1-8H,(H3,15,16)(H3,17,18)/t13-,18+,19-,20-;/m0./s1. The molecular formula is C36H38N4O10. The van der Waals surface area contributed by atoms with E-state index >= 15 is 0 Å². The Morgan fingerprint density at radius 2 is 1.28 bits per heavy atom. The van der Waals surface area contributed by atoms with Crippen LogP contribution in [0.4, 0.5) is 0 Å². The van der Waals surface area contributed by atoms with E-state index in [0.29, 0.717) is 68.1 Å². The minimum Gasteiger partial charge on any atom is -0.493 e. The summed E-state index contributed by atoms with van der Waals surface area (Å²) < 4.78 is 32.8. The highest BCUT2D eigenvalue weighted by Crippen LogP contribution is 2.53. The van der Waals surface area contributed by atoms with Gasteiger partial charge >= 0.3 is 5.97 Å². The molecule has 1 aliphatic carbocycles. The first kappa shape index (κ1) is 35.3. The number of aliphatic carboxylic acids is 1. The van der Waals surface area contributed by atoms with Crippen molar-refractivity contribution in [3.05, 3.63) is 101 Å². The molecule has 0 radical (unpaired) electrons. The minimum absolute atomic E-state index is 0.0253. The van der Waals surface area contributed by atoms with E-state index in [2.05, 4.69) is 0 Å². The van der Waals surface area contributed by atoms with Crippen molar-refractivity contribution >= 4 is 17.6 Å². The molecule has 0 spiro atoms. The van der Waals surface area contributed by atoms with Gasteiger partial charge in [0.1, 0.15) is 23.2 Å². The van der Waals surface area contributed by atoms with E-state index in [1.807, 2.05) is 0 Å². The Morgan fingerprint density at radius 3 is 1.68 bits per heavy atom. The third kappa shape index (κ3) is 7.06. The number of nitrogens with two attached hydrogens (primary N) is 2. The number of amidine groups is 2. The van der Waals surface area contributed by atoms with Crippen LogP contribution in [0.3, 0.4) is 0 Å². The highest BCUT2D eigenvalue weighted by atomic mass is 16.7. The fraction of sp³-hybridized carbons (Fsp3) is 0.250. The van der Waals surface area contributed by atoms with Gasteiger partial charge < -0.3 is 55.2 Å². The molecule has 262 valence electrons. The van der Waals surface area contributed by atoms with Gasteiger partial charge in [-0.3, -0.25) is 15.6 Å². The van der Waals surface area contributed by atoms with Gasteiger partial charge in [-0.2, -0.15) is 0 Å². The number of hydrogen-bond donors (Lipinski definition) is 7. The molecule has 0 amide bonds. The lowest BCUT2D eigenvalue weighted by Gasteiger charge is -2.40. The van der Waals surface area contributed by atoms with Crippen molar-refractivity contribution < 1.29 is 48.5 Å². The second-order valence-electron chi connectivity index (χ2n) is 11.4. The van der Waals surface area contributed by atoms with Gasteiger partial charge in [0.25, 0.3) is 0 Å². The van der Waals surface area contributed by atoms with Gasteiger partial charge in [0.05, 0.1) is 33.4 Å². The van der Waals surface area contributed by atoms with Crippen LogP contribution in [0.2, 0.25) is 0 Å². The Labute approximate surface area is 287 Å². The highest BCUT2D eigenvalue weighted by Gasteiger charge is 2.47. The summed E-state index contributed by atoms with van der Waals surface area (Å²) in [6.45, 7) is -0.470. The second-order valence-corrected chi connectivity index (χ2v) is 11.4. The summed E-state index contributed by atoms with van der Waals surface area (Å²) in [7, 11) is 4.43. The Balaban J connectivity index is 0.000000219. The largest absolute Gasteiger partial charge is 0.493 e. The number of rotatable bonds is 10. The topological polar surface area (TPSA) is 233 Å². The van der Waals surface area contributed by atoms with Crippen LogP contribution in [-0.2, 0) is 4.79 Å². The van der Waals surface area contributed by atoms with Crippen molar-refractivity contribution in [1.82, 2.24) is 0 Å². The van der Waals surface area contributed by atoms with Crippen LogP contribution in [0.1, 0.15) is 39.8 Å². The summed E-state index contributed by atoms with van der Waals surface area (Å²) >= 11 is 0. The number of nitrogens with one attached hydrogen (secondary N) is 2. The maximum Gasteiger partial charge on any atom is 0.307 e. The summed E-state index contributed by atoms with van der Waals surface area (Å²) in [5.41, 5.74) is 13.7. The second kappa shape index (κ2) is 15.1. The molecule has 0 aromatic heterocycles. The van der Waals surface area contributed by atoms with Crippen LogP contribution in [-0.4, -0.2) is 67.7 Å². The quantitative estimate of drug-likeness (QED) is 0.0928. The van der Waals surface area contributed by atoms with Gasteiger partial charge in [-0.05, 0) is 89.5 Å². The number of ether oxygens (including phenoxy) is 6. The van der Waals surface area contributed by atoms with Crippen molar-refractivity contribution in [2.75, 3.05) is 34.7 Å². The zero-order valence-corrected chi connectivity index (χ0v) is 27.5. The molecule has 0 fully saturated rings. The smallest absolute Gasteiger partial charge is 0.307 e. The molecule has 4 aromatic rings. The summed E-state index contributed by atoms with van der Waals surface area (Å²) in [6, 6.07) is 20.6. The minimum atomic E-state index is -1.19. The number of benzene rings is 4. The number of hydrogen-bond acceptors (Lipinski definition) is 11. The monoisotopic (exact) mass is 686 g/mol. The molecular weight excluding hydrogens is 648 g/mol. The fourth-order valence-corrected chi connectivity index (χ4v) is 6.11. The molecule has 1 heterocycles. The molecule has 4 atom stereocenters.